The summed E-state index contributed by atoms with van der Waals surface area (Å²) < 4.78 is 5.67. The lowest BCUT2D eigenvalue weighted by molar-refractivity contribution is 0.112. The Bertz CT molecular complexity index is 508. The van der Waals surface area contributed by atoms with Crippen LogP contribution in [0.3, 0.4) is 0 Å². The van der Waals surface area contributed by atoms with Gasteiger partial charge in [-0.05, 0) is 56.6 Å². The van der Waals surface area contributed by atoms with Crippen LogP contribution in [0, 0.1) is 18.3 Å². The predicted molar refractivity (Wildman–Crippen MR) is 88.0 cm³/mol. The van der Waals surface area contributed by atoms with Gasteiger partial charge >= 0.3 is 0 Å². The van der Waals surface area contributed by atoms with Crippen molar-refractivity contribution in [3.63, 3.8) is 0 Å². The van der Waals surface area contributed by atoms with Gasteiger partial charge in [-0.1, -0.05) is 31.5 Å². The van der Waals surface area contributed by atoms with Crippen molar-refractivity contribution in [2.75, 3.05) is 20.2 Å². The van der Waals surface area contributed by atoms with E-state index in [2.05, 4.69) is 44.3 Å². The Morgan fingerprint density at radius 1 is 1.24 bits per heavy atom. The lowest BCUT2D eigenvalue weighted by Gasteiger charge is -2.50. The van der Waals surface area contributed by atoms with Gasteiger partial charge in [0.05, 0.1) is 7.11 Å². The Morgan fingerprint density at radius 2 is 1.95 bits per heavy atom. The number of benzene rings is 1. The van der Waals surface area contributed by atoms with E-state index in [-0.39, 0.29) is 0 Å². The molecular weight excluding hydrogens is 258 g/mol. The molecule has 0 bridgehead atoms. The maximum atomic E-state index is 5.67. The monoisotopic (exact) mass is 287 g/mol. The highest BCUT2D eigenvalue weighted by Crippen LogP contribution is 2.69. The molecule has 0 aliphatic heterocycles. The van der Waals surface area contributed by atoms with Crippen LogP contribution in [0.25, 0.3) is 0 Å². The summed E-state index contributed by atoms with van der Waals surface area (Å²) >= 11 is 0. The molecule has 116 valence electrons. The van der Waals surface area contributed by atoms with Gasteiger partial charge in [0, 0.05) is 17.5 Å². The highest BCUT2D eigenvalue weighted by molar-refractivity contribution is 5.46. The molecule has 1 N–H and O–H groups in total. The normalized spacial score (nSPS) is 21.4. The smallest absolute Gasteiger partial charge is 0.122 e. The molecule has 2 nitrogen and oxygen atoms in total. The zero-order valence-electron chi connectivity index (χ0n) is 14.0. The van der Waals surface area contributed by atoms with Crippen molar-refractivity contribution >= 4 is 0 Å². The minimum atomic E-state index is 0.294. The summed E-state index contributed by atoms with van der Waals surface area (Å²) in [4.78, 5) is 0. The molecular formula is C19H29NO. The minimum absolute atomic E-state index is 0.294. The standard InChI is InChI=1S/C19H29NO/c1-14(2)10-20-13-19(11-18(12-19)7-8-18)16-9-15(3)5-6-17(16)21-4/h5-6,9,14,20H,7-8,10-13H2,1-4H3. The van der Waals surface area contributed by atoms with E-state index >= 15 is 0 Å². The highest BCUT2D eigenvalue weighted by atomic mass is 16.5. The van der Waals surface area contributed by atoms with Crippen molar-refractivity contribution < 1.29 is 4.74 Å². The third-order valence-electron chi connectivity index (χ3n) is 5.33. The van der Waals surface area contributed by atoms with Gasteiger partial charge in [-0.2, -0.15) is 0 Å². The first-order valence-electron chi connectivity index (χ1n) is 8.35. The van der Waals surface area contributed by atoms with Crippen LogP contribution in [0.4, 0.5) is 0 Å². The van der Waals surface area contributed by atoms with Gasteiger partial charge in [0.1, 0.15) is 5.75 Å². The van der Waals surface area contributed by atoms with Crippen molar-refractivity contribution in [2.24, 2.45) is 11.3 Å². The number of aryl methyl sites for hydroxylation is 1. The molecule has 3 rings (SSSR count). The van der Waals surface area contributed by atoms with E-state index in [0.29, 0.717) is 16.7 Å². The van der Waals surface area contributed by atoms with E-state index in [1.54, 1.807) is 7.11 Å². The van der Waals surface area contributed by atoms with Crippen molar-refractivity contribution in [3.05, 3.63) is 29.3 Å². The largest absolute Gasteiger partial charge is 0.496 e. The number of nitrogens with one attached hydrogen (secondary N) is 1. The Hall–Kier alpha value is -1.02. The summed E-state index contributed by atoms with van der Waals surface area (Å²) in [5, 5.41) is 3.71. The van der Waals surface area contributed by atoms with Crippen LogP contribution in [-0.2, 0) is 5.41 Å². The third-order valence-corrected chi connectivity index (χ3v) is 5.33. The average molecular weight is 287 g/mol. The number of methoxy groups -OCH3 is 1. The molecule has 2 fully saturated rings. The number of hydrogen-bond donors (Lipinski definition) is 1. The second-order valence-electron chi connectivity index (χ2n) is 7.86. The SMILES string of the molecule is COc1ccc(C)cc1C1(CNCC(C)C)CC2(CC2)C1. The van der Waals surface area contributed by atoms with Crippen LogP contribution in [0.5, 0.6) is 5.75 Å². The van der Waals surface area contributed by atoms with E-state index in [0.717, 1.165) is 18.8 Å². The second kappa shape index (κ2) is 5.31. The first-order valence-corrected chi connectivity index (χ1v) is 8.35. The van der Waals surface area contributed by atoms with Crippen molar-refractivity contribution in [2.45, 2.75) is 51.9 Å². The minimum Gasteiger partial charge on any atom is -0.496 e. The molecule has 2 heteroatoms. The summed E-state index contributed by atoms with van der Waals surface area (Å²) in [5.74, 6) is 1.78. The summed E-state index contributed by atoms with van der Waals surface area (Å²) in [6, 6.07) is 6.65. The van der Waals surface area contributed by atoms with Crippen LogP contribution >= 0.6 is 0 Å². The first kappa shape index (κ1) is 14.9. The Kier molecular flexibility index (Phi) is 3.77. The highest BCUT2D eigenvalue weighted by Gasteiger charge is 2.61. The molecule has 0 amide bonds. The van der Waals surface area contributed by atoms with Crippen molar-refractivity contribution in [1.29, 1.82) is 0 Å². The van der Waals surface area contributed by atoms with E-state index in [1.165, 1.54) is 36.8 Å². The van der Waals surface area contributed by atoms with E-state index in [9.17, 15) is 0 Å². The molecule has 21 heavy (non-hydrogen) atoms. The van der Waals surface area contributed by atoms with E-state index in [4.69, 9.17) is 4.74 Å². The number of rotatable bonds is 6. The van der Waals surface area contributed by atoms with Gasteiger partial charge in [0.25, 0.3) is 0 Å². The molecule has 0 radical (unpaired) electrons. The number of ether oxygens (including phenoxy) is 1. The maximum absolute atomic E-state index is 5.67. The molecule has 0 saturated heterocycles. The number of hydrogen-bond acceptors (Lipinski definition) is 2. The third kappa shape index (κ3) is 2.83. The topological polar surface area (TPSA) is 21.3 Å². The second-order valence-corrected chi connectivity index (χ2v) is 7.86. The molecule has 0 unspecified atom stereocenters. The average Bonchev–Trinajstić information content (AvgIpc) is 3.17. The van der Waals surface area contributed by atoms with Gasteiger partial charge in [-0.3, -0.25) is 0 Å². The van der Waals surface area contributed by atoms with Gasteiger partial charge in [-0.25, -0.2) is 0 Å². The molecule has 1 aromatic carbocycles. The van der Waals surface area contributed by atoms with E-state index in [1.807, 2.05) is 0 Å². The maximum Gasteiger partial charge on any atom is 0.122 e. The zero-order valence-corrected chi connectivity index (χ0v) is 14.0. The Balaban J connectivity index is 1.83. The molecule has 2 saturated carbocycles. The predicted octanol–water partition coefficient (Wildman–Crippen LogP) is 4.06. The van der Waals surface area contributed by atoms with Crippen molar-refractivity contribution in [1.82, 2.24) is 5.32 Å². The zero-order chi connectivity index (χ0) is 15.1. The molecule has 0 aromatic heterocycles. The van der Waals surface area contributed by atoms with E-state index < -0.39 is 0 Å². The molecule has 2 aliphatic rings. The molecule has 0 heterocycles. The van der Waals surface area contributed by atoms with Gasteiger partial charge in [0.2, 0.25) is 0 Å². The Labute approximate surface area is 129 Å². The van der Waals surface area contributed by atoms with Crippen LogP contribution in [0.1, 0.15) is 50.7 Å². The fourth-order valence-electron chi connectivity index (χ4n) is 4.16. The summed E-state index contributed by atoms with van der Waals surface area (Å²) in [6.07, 6.45) is 5.55. The fourth-order valence-corrected chi connectivity index (χ4v) is 4.16. The molecule has 1 aromatic rings. The van der Waals surface area contributed by atoms with Crippen molar-refractivity contribution in [3.8, 4) is 5.75 Å². The van der Waals surface area contributed by atoms with Crippen LogP contribution in [0.15, 0.2) is 18.2 Å². The lowest BCUT2D eigenvalue weighted by Crippen LogP contribution is -2.50. The van der Waals surface area contributed by atoms with Gasteiger partial charge in [-0.15, -0.1) is 0 Å². The quantitative estimate of drug-likeness (QED) is 0.852. The van der Waals surface area contributed by atoms with Gasteiger partial charge in [0.15, 0.2) is 0 Å². The first-order chi connectivity index (χ1) is 9.99. The molecule has 1 spiro atoms. The molecule has 2 aliphatic carbocycles. The summed E-state index contributed by atoms with van der Waals surface area (Å²) in [5.41, 5.74) is 3.75. The summed E-state index contributed by atoms with van der Waals surface area (Å²) in [7, 11) is 1.80. The van der Waals surface area contributed by atoms with Crippen LogP contribution in [0.2, 0.25) is 0 Å². The fraction of sp³-hybridized carbons (Fsp3) is 0.684. The lowest BCUT2D eigenvalue weighted by atomic mass is 9.56. The molecule has 0 atom stereocenters. The van der Waals surface area contributed by atoms with Crippen LogP contribution in [-0.4, -0.2) is 20.2 Å². The Morgan fingerprint density at radius 3 is 2.52 bits per heavy atom. The summed E-state index contributed by atoms with van der Waals surface area (Å²) in [6.45, 7) is 8.92. The van der Waals surface area contributed by atoms with Crippen LogP contribution < -0.4 is 10.1 Å². The van der Waals surface area contributed by atoms with Gasteiger partial charge < -0.3 is 10.1 Å².